The summed E-state index contributed by atoms with van der Waals surface area (Å²) in [5.74, 6) is -0.0409. The molecule has 0 fully saturated rings. The van der Waals surface area contributed by atoms with Gasteiger partial charge in [0.1, 0.15) is 11.8 Å². The molecule has 0 aliphatic heterocycles. The van der Waals surface area contributed by atoms with Gasteiger partial charge in [0.05, 0.1) is 12.1 Å². The number of ether oxygens (including phenoxy) is 1. The number of Topliss-reactive ketones (excluding diaryl/α,β-unsaturated/α-hetero) is 1. The Hall–Kier alpha value is -2.23. The van der Waals surface area contributed by atoms with E-state index < -0.39 is 0 Å². The maximum absolute atomic E-state index is 12.3. The van der Waals surface area contributed by atoms with Crippen LogP contribution in [0.1, 0.15) is 28.4 Å². The summed E-state index contributed by atoms with van der Waals surface area (Å²) in [4.78, 5) is 16.7. The lowest BCUT2D eigenvalue weighted by Gasteiger charge is -2.07. The van der Waals surface area contributed by atoms with Crippen molar-refractivity contribution in [2.24, 2.45) is 0 Å². The number of carbonyl (C=O) groups excluding carboxylic acids is 1. The van der Waals surface area contributed by atoms with E-state index in [2.05, 4.69) is 4.98 Å². The van der Waals surface area contributed by atoms with E-state index in [0.717, 1.165) is 28.5 Å². The number of carbonyl (C=O) groups is 1. The molecule has 3 aromatic rings. The summed E-state index contributed by atoms with van der Waals surface area (Å²) in [6.45, 7) is 2.51. The van der Waals surface area contributed by atoms with Gasteiger partial charge in [-0.3, -0.25) is 4.79 Å². The van der Waals surface area contributed by atoms with Gasteiger partial charge in [0.2, 0.25) is 0 Å². The molecule has 0 unspecified atom stereocenters. The number of aryl methyl sites for hydroxylation is 1. The SMILES string of the molecule is CCc1cc2cc(C(=O)COCc3ccccc3)ccc2nc1Cl. The molecule has 2 aromatic carbocycles. The molecular formula is C20H18ClNO2. The minimum atomic E-state index is -0.0409. The number of rotatable bonds is 6. The second-order valence-electron chi connectivity index (χ2n) is 5.60. The Morgan fingerprint density at radius 3 is 2.67 bits per heavy atom. The Balaban J connectivity index is 1.71. The Labute approximate surface area is 146 Å². The van der Waals surface area contributed by atoms with E-state index in [1.807, 2.05) is 55.5 Å². The third-order valence-corrected chi connectivity index (χ3v) is 4.22. The van der Waals surface area contributed by atoms with Crippen LogP contribution in [0.5, 0.6) is 0 Å². The molecule has 1 aromatic heterocycles. The van der Waals surface area contributed by atoms with E-state index in [0.29, 0.717) is 17.3 Å². The molecule has 3 rings (SSSR count). The number of nitrogens with zero attached hydrogens (tertiary/aromatic N) is 1. The highest BCUT2D eigenvalue weighted by Gasteiger charge is 2.09. The molecule has 0 aliphatic carbocycles. The molecule has 0 aliphatic rings. The molecule has 122 valence electrons. The fourth-order valence-electron chi connectivity index (χ4n) is 2.54. The van der Waals surface area contributed by atoms with Gasteiger partial charge in [-0.05, 0) is 41.8 Å². The van der Waals surface area contributed by atoms with Crippen molar-refractivity contribution in [1.82, 2.24) is 4.98 Å². The second kappa shape index (κ2) is 7.56. The minimum absolute atomic E-state index is 0.0409. The smallest absolute Gasteiger partial charge is 0.188 e. The Morgan fingerprint density at radius 2 is 1.92 bits per heavy atom. The molecule has 24 heavy (non-hydrogen) atoms. The van der Waals surface area contributed by atoms with Crippen molar-refractivity contribution in [3.8, 4) is 0 Å². The molecule has 4 heteroatoms. The molecule has 3 nitrogen and oxygen atoms in total. The largest absolute Gasteiger partial charge is 0.369 e. The number of hydrogen-bond acceptors (Lipinski definition) is 3. The van der Waals surface area contributed by atoms with Gasteiger partial charge in [-0.1, -0.05) is 48.9 Å². The highest BCUT2D eigenvalue weighted by Crippen LogP contribution is 2.22. The van der Waals surface area contributed by atoms with Crippen LogP contribution in [0.15, 0.2) is 54.6 Å². The first-order chi connectivity index (χ1) is 11.7. The number of ketones is 1. The zero-order valence-electron chi connectivity index (χ0n) is 13.5. The summed E-state index contributed by atoms with van der Waals surface area (Å²) in [7, 11) is 0. The van der Waals surface area contributed by atoms with Crippen molar-refractivity contribution >= 4 is 28.3 Å². The monoisotopic (exact) mass is 339 g/mol. The first kappa shape index (κ1) is 16.6. The standard InChI is InChI=1S/C20H18ClNO2/c1-2-15-10-17-11-16(8-9-18(17)22-20(15)21)19(23)13-24-12-14-6-4-3-5-7-14/h3-11H,2,12-13H2,1H3. The van der Waals surface area contributed by atoms with Gasteiger partial charge >= 0.3 is 0 Å². The average molecular weight is 340 g/mol. The zero-order valence-corrected chi connectivity index (χ0v) is 14.2. The second-order valence-corrected chi connectivity index (χ2v) is 5.96. The van der Waals surface area contributed by atoms with E-state index >= 15 is 0 Å². The molecule has 0 amide bonds. The number of pyridine rings is 1. The third kappa shape index (κ3) is 3.81. The van der Waals surface area contributed by atoms with Gasteiger partial charge in [0.25, 0.3) is 0 Å². The van der Waals surface area contributed by atoms with Crippen molar-refractivity contribution in [3.63, 3.8) is 0 Å². The van der Waals surface area contributed by atoms with E-state index in [4.69, 9.17) is 16.3 Å². The first-order valence-corrected chi connectivity index (χ1v) is 8.29. The molecule has 0 radical (unpaired) electrons. The normalized spacial score (nSPS) is 10.9. The van der Waals surface area contributed by atoms with Gasteiger partial charge in [-0.15, -0.1) is 0 Å². The quantitative estimate of drug-likeness (QED) is 0.476. The van der Waals surface area contributed by atoms with Gasteiger partial charge in [0, 0.05) is 10.9 Å². The van der Waals surface area contributed by atoms with Gasteiger partial charge < -0.3 is 4.74 Å². The van der Waals surface area contributed by atoms with Crippen LogP contribution in [0, 0.1) is 0 Å². The van der Waals surface area contributed by atoms with Crippen molar-refractivity contribution in [3.05, 3.63) is 76.4 Å². The Bertz CT molecular complexity index is 862. The van der Waals surface area contributed by atoms with Crippen LogP contribution in [-0.2, 0) is 17.8 Å². The van der Waals surface area contributed by atoms with E-state index in [9.17, 15) is 4.79 Å². The lowest BCUT2D eigenvalue weighted by atomic mass is 10.1. The fraction of sp³-hybridized carbons (Fsp3) is 0.200. The zero-order chi connectivity index (χ0) is 16.9. The fourth-order valence-corrected chi connectivity index (χ4v) is 2.82. The van der Waals surface area contributed by atoms with Gasteiger partial charge in [-0.25, -0.2) is 4.98 Å². The topological polar surface area (TPSA) is 39.2 Å². The molecule has 0 atom stereocenters. The van der Waals surface area contributed by atoms with Crippen molar-refractivity contribution in [2.45, 2.75) is 20.0 Å². The average Bonchev–Trinajstić information content (AvgIpc) is 2.61. The summed E-state index contributed by atoms with van der Waals surface area (Å²) in [5, 5.41) is 1.44. The first-order valence-electron chi connectivity index (χ1n) is 7.91. The van der Waals surface area contributed by atoms with Crippen LogP contribution in [0.3, 0.4) is 0 Å². The van der Waals surface area contributed by atoms with E-state index in [1.54, 1.807) is 6.07 Å². The van der Waals surface area contributed by atoms with Crippen LogP contribution in [0.25, 0.3) is 10.9 Å². The summed E-state index contributed by atoms with van der Waals surface area (Å²) in [6.07, 6.45) is 0.806. The van der Waals surface area contributed by atoms with Crippen LogP contribution in [-0.4, -0.2) is 17.4 Å². The van der Waals surface area contributed by atoms with Crippen molar-refractivity contribution < 1.29 is 9.53 Å². The maximum atomic E-state index is 12.3. The van der Waals surface area contributed by atoms with Crippen LogP contribution in [0.2, 0.25) is 5.15 Å². The number of benzene rings is 2. The van der Waals surface area contributed by atoms with Gasteiger partial charge in [0.15, 0.2) is 5.78 Å². The van der Waals surface area contributed by atoms with Crippen LogP contribution in [0.4, 0.5) is 0 Å². The van der Waals surface area contributed by atoms with E-state index in [-0.39, 0.29) is 12.4 Å². The molecule has 0 N–H and O–H groups in total. The third-order valence-electron chi connectivity index (χ3n) is 3.89. The lowest BCUT2D eigenvalue weighted by molar-refractivity contribution is 0.0727. The highest BCUT2D eigenvalue weighted by molar-refractivity contribution is 6.30. The summed E-state index contributed by atoms with van der Waals surface area (Å²) < 4.78 is 5.53. The summed E-state index contributed by atoms with van der Waals surface area (Å²) in [5.41, 5.74) is 3.45. The summed E-state index contributed by atoms with van der Waals surface area (Å²) in [6, 6.07) is 17.2. The molecule has 0 saturated heterocycles. The van der Waals surface area contributed by atoms with Crippen molar-refractivity contribution in [1.29, 1.82) is 0 Å². The molecule has 0 bridgehead atoms. The van der Waals surface area contributed by atoms with Gasteiger partial charge in [-0.2, -0.15) is 0 Å². The van der Waals surface area contributed by atoms with Crippen LogP contribution >= 0.6 is 11.6 Å². The summed E-state index contributed by atoms with van der Waals surface area (Å²) >= 11 is 6.13. The van der Waals surface area contributed by atoms with E-state index in [1.165, 1.54) is 0 Å². The Kier molecular flexibility index (Phi) is 5.24. The maximum Gasteiger partial charge on any atom is 0.188 e. The number of aromatic nitrogens is 1. The molecule has 0 spiro atoms. The number of fused-ring (bicyclic) bond motifs is 1. The predicted molar refractivity (Wildman–Crippen MR) is 96.6 cm³/mol. The number of hydrogen-bond donors (Lipinski definition) is 0. The molecule has 0 saturated carbocycles. The highest BCUT2D eigenvalue weighted by atomic mass is 35.5. The predicted octanol–water partition coefficient (Wildman–Crippen LogP) is 4.85. The lowest BCUT2D eigenvalue weighted by Crippen LogP contribution is -2.09. The molecule has 1 heterocycles. The molecular weight excluding hydrogens is 322 g/mol. The van der Waals surface area contributed by atoms with Crippen LogP contribution < -0.4 is 0 Å². The Morgan fingerprint density at radius 1 is 1.12 bits per heavy atom. The minimum Gasteiger partial charge on any atom is -0.369 e. The van der Waals surface area contributed by atoms with Crippen molar-refractivity contribution in [2.75, 3.05) is 6.61 Å². The number of halogens is 1.